The van der Waals surface area contributed by atoms with Gasteiger partial charge in [-0.15, -0.1) is 10.2 Å². The highest BCUT2D eigenvalue weighted by Crippen LogP contribution is 2.46. The van der Waals surface area contributed by atoms with E-state index in [0.29, 0.717) is 35.7 Å². The van der Waals surface area contributed by atoms with Gasteiger partial charge in [-0.2, -0.15) is 0 Å². The van der Waals surface area contributed by atoms with Gasteiger partial charge in [0.15, 0.2) is 11.0 Å². The Balaban J connectivity index is 1.32. The lowest BCUT2D eigenvalue weighted by molar-refractivity contribution is -0.115. The van der Waals surface area contributed by atoms with E-state index in [1.165, 1.54) is 25.7 Å². The average molecular weight is 333 g/mol. The van der Waals surface area contributed by atoms with E-state index in [2.05, 4.69) is 25.2 Å². The van der Waals surface area contributed by atoms with Crippen molar-refractivity contribution in [1.82, 2.24) is 19.9 Å². The second-order valence-corrected chi connectivity index (χ2v) is 7.25. The van der Waals surface area contributed by atoms with E-state index in [9.17, 15) is 4.79 Å². The Kier molecular flexibility index (Phi) is 3.84. The summed E-state index contributed by atoms with van der Waals surface area (Å²) >= 11 is 1.61. The van der Waals surface area contributed by atoms with E-state index in [4.69, 9.17) is 4.52 Å². The summed E-state index contributed by atoms with van der Waals surface area (Å²) < 4.78 is 7.23. The Bertz CT molecular complexity index is 717. The van der Waals surface area contributed by atoms with Gasteiger partial charge in [-0.1, -0.05) is 16.9 Å². The highest BCUT2D eigenvalue weighted by Gasteiger charge is 2.36. The number of aromatic nitrogens is 4. The van der Waals surface area contributed by atoms with Gasteiger partial charge in [0.25, 0.3) is 0 Å². The van der Waals surface area contributed by atoms with Crippen LogP contribution in [0.25, 0.3) is 0 Å². The van der Waals surface area contributed by atoms with Crippen LogP contribution in [-0.2, 0) is 4.79 Å². The molecule has 2 heterocycles. The predicted octanol–water partition coefficient (Wildman–Crippen LogP) is 2.91. The minimum atomic E-state index is -0.0642. The van der Waals surface area contributed by atoms with Crippen molar-refractivity contribution in [1.29, 1.82) is 0 Å². The van der Waals surface area contributed by atoms with Gasteiger partial charge in [0.1, 0.15) is 11.6 Å². The first-order valence-electron chi connectivity index (χ1n) is 8.01. The van der Waals surface area contributed by atoms with Gasteiger partial charge in [0, 0.05) is 30.2 Å². The number of nitrogens with one attached hydrogen (secondary N) is 1. The highest BCUT2D eigenvalue weighted by molar-refractivity contribution is 7.99. The lowest BCUT2D eigenvalue weighted by atomic mass is 10.4. The Hall–Kier alpha value is -1.83. The first-order chi connectivity index (χ1) is 11.2. The van der Waals surface area contributed by atoms with Gasteiger partial charge in [0.05, 0.1) is 0 Å². The molecule has 2 aliphatic carbocycles. The van der Waals surface area contributed by atoms with Gasteiger partial charge in [0.2, 0.25) is 5.91 Å². The summed E-state index contributed by atoms with van der Waals surface area (Å²) in [5, 5.41) is 16.2. The quantitative estimate of drug-likeness (QED) is 0.784. The van der Waals surface area contributed by atoms with Crippen LogP contribution in [0.1, 0.15) is 55.6 Å². The fourth-order valence-corrected chi connectivity index (χ4v) is 3.50. The molecule has 2 fully saturated rings. The molecule has 0 unspecified atom stereocenters. The van der Waals surface area contributed by atoms with Crippen molar-refractivity contribution < 1.29 is 9.32 Å². The summed E-state index contributed by atoms with van der Waals surface area (Å²) in [5.74, 6) is 3.52. The Morgan fingerprint density at radius 3 is 2.87 bits per heavy atom. The Morgan fingerprint density at radius 2 is 2.22 bits per heavy atom. The number of hydrogen-bond acceptors (Lipinski definition) is 6. The first kappa shape index (κ1) is 14.7. The highest BCUT2D eigenvalue weighted by atomic mass is 32.2. The third-order valence-electron chi connectivity index (χ3n) is 4.00. The lowest BCUT2D eigenvalue weighted by Crippen LogP contribution is -2.12. The standard InChI is InChI=1S/C15H19N5O2S/c1-9-8-12(19-22-9)16-13(21)6-7-23-15-18-17-14(10-2-3-10)20(15)11-4-5-11/h8,10-11H,2-7H2,1H3,(H,16,19,21). The SMILES string of the molecule is Cc1cc(NC(=O)CCSc2nnc(C3CC3)n2C2CC2)no1. The number of hydrogen-bond donors (Lipinski definition) is 1. The molecule has 1 amide bonds. The zero-order valence-corrected chi connectivity index (χ0v) is 13.8. The molecule has 0 spiro atoms. The number of carbonyl (C=O) groups excluding carboxylic acids is 1. The number of amides is 1. The molecule has 0 aromatic carbocycles. The van der Waals surface area contributed by atoms with Gasteiger partial charge in [-0.25, -0.2) is 0 Å². The van der Waals surface area contributed by atoms with E-state index in [-0.39, 0.29) is 5.91 Å². The van der Waals surface area contributed by atoms with Gasteiger partial charge < -0.3 is 14.4 Å². The maximum Gasteiger partial charge on any atom is 0.226 e. The molecule has 2 aromatic heterocycles. The number of nitrogens with zero attached hydrogens (tertiary/aromatic N) is 4. The molecule has 4 rings (SSSR count). The average Bonchev–Trinajstić information content (AvgIpc) is 3.45. The number of thioether (sulfide) groups is 1. The summed E-state index contributed by atoms with van der Waals surface area (Å²) in [6.45, 7) is 1.79. The maximum absolute atomic E-state index is 11.9. The maximum atomic E-state index is 11.9. The van der Waals surface area contributed by atoms with Crippen LogP contribution in [0.4, 0.5) is 5.82 Å². The largest absolute Gasteiger partial charge is 0.360 e. The summed E-state index contributed by atoms with van der Waals surface area (Å²) in [7, 11) is 0. The van der Waals surface area contributed by atoms with Crippen molar-refractivity contribution in [3.8, 4) is 0 Å². The zero-order chi connectivity index (χ0) is 15.8. The van der Waals surface area contributed by atoms with Crippen molar-refractivity contribution >= 4 is 23.5 Å². The molecule has 2 saturated carbocycles. The minimum Gasteiger partial charge on any atom is -0.360 e. The summed E-state index contributed by atoms with van der Waals surface area (Å²) in [4.78, 5) is 11.9. The summed E-state index contributed by atoms with van der Waals surface area (Å²) in [5.41, 5.74) is 0. The minimum absolute atomic E-state index is 0.0642. The van der Waals surface area contributed by atoms with Crippen LogP contribution >= 0.6 is 11.8 Å². The van der Waals surface area contributed by atoms with Crippen molar-refractivity contribution in [2.24, 2.45) is 0 Å². The zero-order valence-electron chi connectivity index (χ0n) is 13.0. The van der Waals surface area contributed by atoms with E-state index in [1.54, 1.807) is 24.8 Å². The normalized spacial score (nSPS) is 17.4. The van der Waals surface area contributed by atoms with Crippen LogP contribution in [0.2, 0.25) is 0 Å². The molecule has 0 saturated heterocycles. The topological polar surface area (TPSA) is 85.8 Å². The fourth-order valence-electron chi connectivity index (χ4n) is 2.55. The van der Waals surface area contributed by atoms with E-state index in [1.807, 2.05) is 0 Å². The molecule has 0 radical (unpaired) electrons. The van der Waals surface area contributed by atoms with Gasteiger partial charge >= 0.3 is 0 Å². The molecule has 23 heavy (non-hydrogen) atoms. The molecule has 122 valence electrons. The van der Waals surface area contributed by atoms with Crippen LogP contribution in [0, 0.1) is 6.92 Å². The molecule has 2 aliphatic rings. The molecule has 2 aromatic rings. The third-order valence-corrected chi connectivity index (χ3v) is 4.95. The molecule has 0 bridgehead atoms. The fraction of sp³-hybridized carbons (Fsp3) is 0.600. The summed E-state index contributed by atoms with van der Waals surface area (Å²) in [6, 6.07) is 2.28. The number of anilines is 1. The van der Waals surface area contributed by atoms with E-state index in [0.717, 1.165) is 11.0 Å². The molecule has 8 heteroatoms. The van der Waals surface area contributed by atoms with Crippen molar-refractivity contribution in [3.63, 3.8) is 0 Å². The number of aryl methyl sites for hydroxylation is 1. The predicted molar refractivity (Wildman–Crippen MR) is 85.5 cm³/mol. The van der Waals surface area contributed by atoms with E-state index >= 15 is 0 Å². The molecule has 1 N–H and O–H groups in total. The monoisotopic (exact) mass is 333 g/mol. The van der Waals surface area contributed by atoms with E-state index < -0.39 is 0 Å². The van der Waals surface area contributed by atoms with Crippen LogP contribution in [0.15, 0.2) is 15.7 Å². The van der Waals surface area contributed by atoms with Crippen LogP contribution in [-0.4, -0.2) is 31.6 Å². The van der Waals surface area contributed by atoms with Crippen molar-refractivity contribution in [3.05, 3.63) is 17.7 Å². The second kappa shape index (κ2) is 5.99. The second-order valence-electron chi connectivity index (χ2n) is 6.19. The molecule has 0 atom stereocenters. The van der Waals surface area contributed by atoms with Crippen LogP contribution < -0.4 is 5.32 Å². The molecular formula is C15H19N5O2S. The van der Waals surface area contributed by atoms with Crippen LogP contribution in [0.5, 0.6) is 0 Å². The molecule has 7 nitrogen and oxygen atoms in total. The van der Waals surface area contributed by atoms with Gasteiger partial charge in [-0.05, 0) is 32.6 Å². The summed E-state index contributed by atoms with van der Waals surface area (Å²) in [6.07, 6.45) is 5.31. The molecular weight excluding hydrogens is 314 g/mol. The Morgan fingerprint density at radius 1 is 1.39 bits per heavy atom. The van der Waals surface area contributed by atoms with Crippen LogP contribution in [0.3, 0.4) is 0 Å². The number of rotatable bonds is 7. The smallest absolute Gasteiger partial charge is 0.226 e. The number of carbonyl (C=O) groups is 1. The van der Waals surface area contributed by atoms with Gasteiger partial charge in [-0.3, -0.25) is 4.79 Å². The van der Waals surface area contributed by atoms with Crippen molar-refractivity contribution in [2.75, 3.05) is 11.1 Å². The molecule has 0 aliphatic heterocycles. The third kappa shape index (κ3) is 3.41. The lowest BCUT2D eigenvalue weighted by Gasteiger charge is -2.07. The Labute approximate surface area is 138 Å². The first-order valence-corrected chi connectivity index (χ1v) is 9.00. The van der Waals surface area contributed by atoms with Crippen molar-refractivity contribution in [2.45, 2.75) is 56.1 Å².